The molecule has 0 spiro atoms. The highest BCUT2D eigenvalue weighted by molar-refractivity contribution is 5.67. The number of carbonyl (C=O) groups is 1. The van der Waals surface area contributed by atoms with Crippen molar-refractivity contribution in [3.05, 3.63) is 35.6 Å². The summed E-state index contributed by atoms with van der Waals surface area (Å²) in [6.07, 6.45) is -1.14. The highest BCUT2D eigenvalue weighted by atomic mass is 19.1. The quantitative estimate of drug-likeness (QED) is 0.667. The molecule has 2 rings (SSSR count). The lowest BCUT2D eigenvalue weighted by Gasteiger charge is -2.43. The van der Waals surface area contributed by atoms with Crippen molar-refractivity contribution >= 4 is 6.09 Å². The fourth-order valence-electron chi connectivity index (χ4n) is 2.08. The van der Waals surface area contributed by atoms with Gasteiger partial charge in [0.05, 0.1) is 0 Å². The highest BCUT2D eigenvalue weighted by Gasteiger charge is 2.41. The van der Waals surface area contributed by atoms with Gasteiger partial charge < -0.3 is 16.2 Å². The van der Waals surface area contributed by atoms with Crippen LogP contribution in [0.2, 0.25) is 0 Å². The molecule has 92 valence electrons. The number of hydrogen-bond donors (Lipinski definition) is 3. The van der Waals surface area contributed by atoms with Gasteiger partial charge in [0.15, 0.2) is 0 Å². The van der Waals surface area contributed by atoms with Crippen LogP contribution in [0.15, 0.2) is 24.3 Å². The molecular formula is C11H14FN3O2. The minimum absolute atomic E-state index is 0.189. The third kappa shape index (κ3) is 1.96. The van der Waals surface area contributed by atoms with E-state index in [-0.39, 0.29) is 18.7 Å². The number of nitrogens with two attached hydrogens (primary N) is 1. The Labute approximate surface area is 98.0 Å². The second kappa shape index (κ2) is 4.31. The molecule has 1 saturated heterocycles. The first-order valence-corrected chi connectivity index (χ1v) is 5.31. The van der Waals surface area contributed by atoms with Crippen LogP contribution in [0.5, 0.6) is 0 Å². The first-order valence-electron chi connectivity index (χ1n) is 5.31. The van der Waals surface area contributed by atoms with Gasteiger partial charge in [-0.15, -0.1) is 0 Å². The van der Waals surface area contributed by atoms with Crippen molar-refractivity contribution in [1.29, 1.82) is 0 Å². The Bertz CT molecular complexity index is 440. The fourth-order valence-corrected chi connectivity index (χ4v) is 2.08. The van der Waals surface area contributed by atoms with Crippen LogP contribution >= 0.6 is 0 Å². The van der Waals surface area contributed by atoms with Crippen molar-refractivity contribution in [2.45, 2.75) is 5.66 Å². The van der Waals surface area contributed by atoms with Gasteiger partial charge in [0.25, 0.3) is 0 Å². The second-order valence-electron chi connectivity index (χ2n) is 4.02. The number of halogens is 1. The summed E-state index contributed by atoms with van der Waals surface area (Å²) in [7, 11) is 0. The monoisotopic (exact) mass is 239 g/mol. The first kappa shape index (κ1) is 11.8. The van der Waals surface area contributed by atoms with Crippen molar-refractivity contribution < 1.29 is 14.3 Å². The molecule has 1 aliphatic rings. The fraction of sp³-hybridized carbons (Fsp3) is 0.364. The van der Waals surface area contributed by atoms with E-state index in [0.29, 0.717) is 6.54 Å². The van der Waals surface area contributed by atoms with Gasteiger partial charge in [0, 0.05) is 25.2 Å². The summed E-state index contributed by atoms with van der Waals surface area (Å²) in [5.41, 5.74) is 4.91. The zero-order valence-electron chi connectivity index (χ0n) is 9.19. The Morgan fingerprint density at radius 1 is 1.53 bits per heavy atom. The van der Waals surface area contributed by atoms with Gasteiger partial charge in [0.2, 0.25) is 0 Å². The number of hydrogen-bond acceptors (Lipinski definition) is 3. The smallest absolute Gasteiger partial charge is 0.409 e. The Kier molecular flexibility index (Phi) is 2.99. The van der Waals surface area contributed by atoms with Gasteiger partial charge in [-0.2, -0.15) is 0 Å². The van der Waals surface area contributed by atoms with Crippen molar-refractivity contribution in [1.82, 2.24) is 10.2 Å². The molecule has 1 fully saturated rings. The number of nitrogens with zero attached hydrogens (tertiary/aromatic N) is 1. The van der Waals surface area contributed by atoms with E-state index in [4.69, 9.17) is 10.8 Å². The van der Waals surface area contributed by atoms with E-state index in [2.05, 4.69) is 5.32 Å². The Morgan fingerprint density at radius 3 is 2.88 bits per heavy atom. The summed E-state index contributed by atoms with van der Waals surface area (Å²) in [5, 5.41) is 12.1. The minimum Gasteiger partial charge on any atom is -0.465 e. The van der Waals surface area contributed by atoms with Crippen molar-refractivity contribution in [2.75, 3.05) is 19.6 Å². The lowest BCUT2D eigenvalue weighted by atomic mass is 9.96. The van der Waals surface area contributed by atoms with Crippen LogP contribution in [0.1, 0.15) is 5.56 Å². The first-order chi connectivity index (χ1) is 8.05. The lowest BCUT2D eigenvalue weighted by Crippen LogP contribution is -2.65. The van der Waals surface area contributed by atoms with Crippen LogP contribution < -0.4 is 11.1 Å². The van der Waals surface area contributed by atoms with E-state index in [1.165, 1.54) is 12.1 Å². The van der Waals surface area contributed by atoms with Gasteiger partial charge in [-0.3, -0.25) is 4.90 Å². The van der Waals surface area contributed by atoms with E-state index < -0.39 is 17.6 Å². The molecule has 1 atom stereocenters. The van der Waals surface area contributed by atoms with E-state index in [9.17, 15) is 9.18 Å². The Morgan fingerprint density at radius 2 is 2.24 bits per heavy atom. The van der Waals surface area contributed by atoms with Crippen molar-refractivity contribution in [3.8, 4) is 0 Å². The van der Waals surface area contributed by atoms with Crippen LogP contribution in [-0.2, 0) is 5.66 Å². The van der Waals surface area contributed by atoms with Crippen molar-refractivity contribution in [3.63, 3.8) is 0 Å². The van der Waals surface area contributed by atoms with E-state index >= 15 is 0 Å². The molecule has 17 heavy (non-hydrogen) atoms. The molecule has 1 aromatic rings. The zero-order chi connectivity index (χ0) is 12.5. The van der Waals surface area contributed by atoms with E-state index in [1.807, 2.05) is 0 Å². The SMILES string of the molecule is NC1(c2ccccc2F)CNCCN1C(=O)O. The summed E-state index contributed by atoms with van der Waals surface area (Å²) in [6, 6.07) is 5.97. The molecule has 1 aliphatic heterocycles. The second-order valence-corrected chi connectivity index (χ2v) is 4.02. The van der Waals surface area contributed by atoms with Gasteiger partial charge in [0.1, 0.15) is 11.5 Å². The third-order valence-corrected chi connectivity index (χ3v) is 2.96. The normalized spacial score (nSPS) is 24.7. The molecule has 0 aromatic heterocycles. The molecule has 1 aromatic carbocycles. The molecule has 1 amide bonds. The standard InChI is InChI=1S/C11H14FN3O2/c12-9-4-2-1-3-8(9)11(13)7-14-5-6-15(11)10(16)17/h1-4,14H,5-7,13H2,(H,16,17). The van der Waals surface area contributed by atoms with E-state index in [1.54, 1.807) is 12.1 Å². The molecule has 1 unspecified atom stereocenters. The van der Waals surface area contributed by atoms with Crippen LogP contribution in [-0.4, -0.2) is 35.7 Å². The van der Waals surface area contributed by atoms with Crippen molar-refractivity contribution in [2.24, 2.45) is 5.73 Å². The number of amides is 1. The Balaban J connectivity index is 2.45. The molecular weight excluding hydrogens is 225 g/mol. The summed E-state index contributed by atoms with van der Waals surface area (Å²) in [4.78, 5) is 12.2. The summed E-state index contributed by atoms with van der Waals surface area (Å²) in [5.74, 6) is -0.495. The van der Waals surface area contributed by atoms with Gasteiger partial charge >= 0.3 is 6.09 Å². The summed E-state index contributed by atoms with van der Waals surface area (Å²) >= 11 is 0. The maximum atomic E-state index is 13.7. The number of nitrogens with one attached hydrogen (secondary N) is 1. The number of benzene rings is 1. The maximum Gasteiger partial charge on any atom is 0.409 e. The lowest BCUT2D eigenvalue weighted by molar-refractivity contribution is 0.0559. The molecule has 4 N–H and O–H groups in total. The largest absolute Gasteiger partial charge is 0.465 e. The van der Waals surface area contributed by atoms with E-state index in [0.717, 1.165) is 4.90 Å². The topological polar surface area (TPSA) is 78.6 Å². The molecule has 1 heterocycles. The molecule has 0 radical (unpaired) electrons. The van der Waals surface area contributed by atoms with Crippen LogP contribution in [0, 0.1) is 5.82 Å². The molecule has 0 saturated carbocycles. The van der Waals surface area contributed by atoms with Gasteiger partial charge in [-0.1, -0.05) is 18.2 Å². The van der Waals surface area contributed by atoms with Crippen LogP contribution in [0.3, 0.4) is 0 Å². The average Bonchev–Trinajstić information content (AvgIpc) is 2.29. The highest BCUT2D eigenvalue weighted by Crippen LogP contribution is 2.26. The predicted molar refractivity (Wildman–Crippen MR) is 59.9 cm³/mol. The third-order valence-electron chi connectivity index (χ3n) is 2.96. The molecule has 0 bridgehead atoms. The van der Waals surface area contributed by atoms with Gasteiger partial charge in [-0.05, 0) is 6.07 Å². The summed E-state index contributed by atoms with van der Waals surface area (Å²) in [6.45, 7) is 0.945. The molecule has 0 aliphatic carbocycles. The minimum atomic E-state index is -1.35. The van der Waals surface area contributed by atoms with Gasteiger partial charge in [-0.25, -0.2) is 9.18 Å². The maximum absolute atomic E-state index is 13.7. The zero-order valence-corrected chi connectivity index (χ0v) is 9.19. The predicted octanol–water partition coefficient (Wildman–Crippen LogP) is 0.520. The number of rotatable bonds is 1. The number of piperazine rings is 1. The summed E-state index contributed by atoms with van der Waals surface area (Å²) < 4.78 is 13.7. The average molecular weight is 239 g/mol. The van der Waals surface area contributed by atoms with Crippen LogP contribution in [0.4, 0.5) is 9.18 Å². The Hall–Kier alpha value is -1.66. The number of carboxylic acid groups (broad SMARTS) is 1. The molecule has 6 heteroatoms. The molecule has 5 nitrogen and oxygen atoms in total. The van der Waals surface area contributed by atoms with Crippen LogP contribution in [0.25, 0.3) is 0 Å².